The van der Waals surface area contributed by atoms with Crippen LogP contribution in [0.25, 0.3) is 1.43 Å². The molecule has 1 heterocycles. The van der Waals surface area contributed by atoms with Crippen molar-refractivity contribution < 1.29 is 66.5 Å². The van der Waals surface area contributed by atoms with Crippen molar-refractivity contribution in [2.45, 2.75) is 49.9 Å². The number of hydrogen-bond donors (Lipinski definition) is 7. The zero-order valence-corrected chi connectivity index (χ0v) is 16.1. The van der Waals surface area contributed by atoms with Crippen LogP contribution in [-0.4, -0.2) is 99.8 Å². The van der Waals surface area contributed by atoms with E-state index < -0.39 is 83.6 Å². The molecule has 0 saturated carbocycles. The van der Waals surface area contributed by atoms with Crippen molar-refractivity contribution >= 4 is 28.6 Å². The van der Waals surface area contributed by atoms with Gasteiger partial charge in [-0.25, -0.2) is 8.98 Å². The summed E-state index contributed by atoms with van der Waals surface area (Å²) in [6.45, 7) is -0.225. The summed E-state index contributed by atoms with van der Waals surface area (Å²) in [5, 5.41) is 51.3. The number of aldehydes is 1. The van der Waals surface area contributed by atoms with Gasteiger partial charge in [0.1, 0.15) is 30.6 Å². The Kier molecular flexibility index (Phi) is 8.33. The molecule has 0 aromatic heterocycles. The van der Waals surface area contributed by atoms with Crippen LogP contribution in [0.4, 0.5) is 0 Å². The second-order valence-electron chi connectivity index (χ2n) is 6.06. The summed E-state index contributed by atoms with van der Waals surface area (Å²) in [6.07, 6.45) is -10.4. The van der Waals surface area contributed by atoms with Gasteiger partial charge in [-0.1, -0.05) is 0 Å². The Morgan fingerprint density at radius 1 is 1.43 bits per heavy atom. The molecule has 0 fully saturated rings. The van der Waals surface area contributed by atoms with Gasteiger partial charge in [0.25, 0.3) is 0 Å². The van der Waals surface area contributed by atoms with Gasteiger partial charge in [-0.15, -0.1) is 0 Å². The SMILES string of the molecule is [2H]OS(=O)(=O)OC[C@@H](O)[C@@H](OC1=C(O)[C@H](O)C[C@H](C(=O)O)O1)[C@H](O)[C@H](C=O)NC(C)=O. The third kappa shape index (κ3) is 7.39. The first kappa shape index (κ1) is 23.8. The zero-order valence-electron chi connectivity index (χ0n) is 16.3. The van der Waals surface area contributed by atoms with Crippen molar-refractivity contribution in [1.82, 2.24) is 5.32 Å². The normalized spacial score (nSPS) is 23.9. The summed E-state index contributed by atoms with van der Waals surface area (Å²) in [6, 6.07) is -1.73. The van der Waals surface area contributed by atoms with Gasteiger partial charge in [-0.3, -0.25) is 9.35 Å². The van der Waals surface area contributed by atoms with Crippen LogP contribution in [-0.2, 0) is 38.4 Å². The van der Waals surface area contributed by atoms with Crippen molar-refractivity contribution in [3.63, 3.8) is 0 Å². The molecule has 15 nitrogen and oxygen atoms in total. The lowest BCUT2D eigenvalue weighted by Gasteiger charge is -2.34. The monoisotopic (exact) mass is 460 g/mol. The Hall–Kier alpha value is -2.50. The van der Waals surface area contributed by atoms with E-state index in [1.54, 1.807) is 0 Å². The van der Waals surface area contributed by atoms with Gasteiger partial charge in [0, 0.05) is 13.3 Å². The summed E-state index contributed by atoms with van der Waals surface area (Å²) < 4.78 is 45.9. The number of hydrogen-bond acceptors (Lipinski definition) is 13. The molecule has 1 aliphatic rings. The summed E-state index contributed by atoms with van der Waals surface area (Å²) in [4.78, 5) is 33.6. The molecular formula is C14H21NO14S. The molecule has 0 radical (unpaired) electrons. The molecule has 1 rings (SSSR count). The maximum Gasteiger partial charge on any atom is 0.397 e. The van der Waals surface area contributed by atoms with Crippen molar-refractivity contribution in [3.8, 4) is 0 Å². The number of aliphatic carboxylic acids is 1. The second kappa shape index (κ2) is 10.5. The van der Waals surface area contributed by atoms with Crippen molar-refractivity contribution in [3.05, 3.63) is 11.7 Å². The van der Waals surface area contributed by atoms with Gasteiger partial charge in [0.2, 0.25) is 19.2 Å². The maximum absolute atomic E-state index is 11.2. The number of amides is 1. The summed E-state index contributed by atoms with van der Waals surface area (Å²) in [5.41, 5.74) is 0. The van der Waals surface area contributed by atoms with Crippen LogP contribution in [0.2, 0.25) is 0 Å². The van der Waals surface area contributed by atoms with Gasteiger partial charge in [-0.05, 0) is 0 Å². The Bertz CT molecular complexity index is 801. The zero-order chi connectivity index (χ0) is 23.9. The Balaban J connectivity index is 3.21. The third-order valence-electron chi connectivity index (χ3n) is 3.71. The fourth-order valence-electron chi connectivity index (χ4n) is 2.31. The summed E-state index contributed by atoms with van der Waals surface area (Å²) >= 11 is 0. The van der Waals surface area contributed by atoms with E-state index in [0.29, 0.717) is 0 Å². The number of aliphatic hydroxyl groups is 4. The van der Waals surface area contributed by atoms with Crippen molar-refractivity contribution in [2.75, 3.05) is 6.61 Å². The number of carboxylic acid groups (broad SMARTS) is 1. The van der Waals surface area contributed by atoms with Gasteiger partial charge >= 0.3 is 22.3 Å². The first-order chi connectivity index (χ1) is 14.3. The standard InChI is InChI=1S/C14H21NO14S/c1-5(17)15-6(3-16)10(20)12(8(19)4-27-30(24,25)26)29-14-11(21)7(18)2-9(28-14)13(22)23/h3,6-10,12,18-21H,2,4H2,1H3,(H,15,17)(H,22,23)(H,24,25,26)/t6-,7+,8+,9+,10+,12+/m0/s1/i/hD. The molecule has 0 saturated heterocycles. The van der Waals surface area contributed by atoms with Crippen LogP contribution in [0.5, 0.6) is 0 Å². The highest BCUT2D eigenvalue weighted by Crippen LogP contribution is 2.26. The molecule has 172 valence electrons. The number of aliphatic hydroxyl groups excluding tert-OH is 4. The molecule has 1 amide bonds. The van der Waals surface area contributed by atoms with E-state index >= 15 is 0 Å². The van der Waals surface area contributed by atoms with Crippen molar-refractivity contribution in [1.29, 1.82) is 1.43 Å². The Morgan fingerprint density at radius 2 is 2.07 bits per heavy atom. The van der Waals surface area contributed by atoms with E-state index in [1.165, 1.54) is 0 Å². The predicted molar refractivity (Wildman–Crippen MR) is 90.8 cm³/mol. The van der Waals surface area contributed by atoms with E-state index in [1.807, 2.05) is 5.32 Å². The molecule has 0 aromatic carbocycles. The molecule has 0 aromatic rings. The van der Waals surface area contributed by atoms with Crippen molar-refractivity contribution in [2.24, 2.45) is 0 Å². The van der Waals surface area contributed by atoms with Crippen LogP contribution in [0.1, 0.15) is 13.3 Å². The molecule has 0 spiro atoms. The molecule has 1 aliphatic heterocycles. The Labute approximate surface area is 170 Å². The fraction of sp³-hybridized carbons (Fsp3) is 0.643. The van der Waals surface area contributed by atoms with Gasteiger partial charge in [-0.2, -0.15) is 8.42 Å². The first-order valence-electron chi connectivity index (χ1n) is 8.53. The first-order valence-corrected chi connectivity index (χ1v) is 9.46. The number of ether oxygens (including phenoxy) is 2. The third-order valence-corrected chi connectivity index (χ3v) is 4.14. The average Bonchev–Trinajstić information content (AvgIpc) is 2.70. The highest BCUT2D eigenvalue weighted by molar-refractivity contribution is 7.80. The highest BCUT2D eigenvalue weighted by Gasteiger charge is 2.41. The molecule has 0 aliphatic carbocycles. The number of carbonyl (C=O) groups is 3. The van der Waals surface area contributed by atoms with E-state index in [4.69, 9.17) is 16.0 Å². The summed E-state index contributed by atoms with van der Waals surface area (Å²) in [7, 11) is -4.87. The number of carbonyl (C=O) groups excluding carboxylic acids is 2. The second-order valence-corrected chi connectivity index (χ2v) is 7.12. The van der Waals surface area contributed by atoms with Gasteiger partial charge < -0.3 is 45.1 Å². The molecule has 30 heavy (non-hydrogen) atoms. The quantitative estimate of drug-likeness (QED) is 0.111. The minimum Gasteiger partial charge on any atom is -0.504 e. The largest absolute Gasteiger partial charge is 0.504 e. The lowest BCUT2D eigenvalue weighted by Crippen LogP contribution is -2.54. The lowest BCUT2D eigenvalue weighted by atomic mass is 10.0. The fourth-order valence-corrected chi connectivity index (χ4v) is 2.62. The van der Waals surface area contributed by atoms with Crippen LogP contribution in [0, 0.1) is 0 Å². The number of carboxylic acids is 1. The number of nitrogens with one attached hydrogen (secondary N) is 1. The molecule has 0 unspecified atom stereocenters. The predicted octanol–water partition coefficient (Wildman–Crippen LogP) is -3.42. The molecule has 0 bridgehead atoms. The topological polar surface area (TPSA) is 246 Å². The minimum atomic E-state index is -4.87. The molecule has 6 atom stereocenters. The maximum atomic E-state index is 11.2. The summed E-state index contributed by atoms with van der Waals surface area (Å²) in [5.74, 6) is -4.42. The van der Waals surface area contributed by atoms with E-state index in [9.17, 15) is 43.2 Å². The van der Waals surface area contributed by atoms with Crippen LogP contribution in [0.3, 0.4) is 0 Å². The molecule has 16 heteroatoms. The van der Waals surface area contributed by atoms with Gasteiger partial charge in [0.05, 0.1) is 6.61 Å². The smallest absolute Gasteiger partial charge is 0.397 e. The Morgan fingerprint density at radius 3 is 2.57 bits per heavy atom. The lowest BCUT2D eigenvalue weighted by molar-refractivity contribution is -0.173. The minimum absolute atomic E-state index is 0.0462. The molecule has 7 N–H and O–H groups in total. The number of rotatable bonds is 12. The average molecular weight is 460 g/mol. The van der Waals surface area contributed by atoms with E-state index in [0.717, 1.165) is 6.92 Å². The molecular weight excluding hydrogens is 438 g/mol. The highest BCUT2D eigenvalue weighted by atomic mass is 32.3. The van der Waals surface area contributed by atoms with Crippen LogP contribution in [0.15, 0.2) is 11.7 Å². The van der Waals surface area contributed by atoms with E-state index in [-0.39, 0.29) is 6.29 Å². The van der Waals surface area contributed by atoms with Gasteiger partial charge in [0.15, 0.2) is 6.10 Å². The van der Waals surface area contributed by atoms with E-state index in [2.05, 4.69) is 8.74 Å². The van der Waals surface area contributed by atoms with Crippen LogP contribution >= 0.6 is 0 Å². The van der Waals surface area contributed by atoms with Crippen LogP contribution < -0.4 is 5.32 Å².